The summed E-state index contributed by atoms with van der Waals surface area (Å²) >= 11 is 0. The summed E-state index contributed by atoms with van der Waals surface area (Å²) in [7, 11) is 0. The molecule has 0 radical (unpaired) electrons. The van der Waals surface area contributed by atoms with Crippen LogP contribution in [0.2, 0.25) is 0 Å². The summed E-state index contributed by atoms with van der Waals surface area (Å²) in [5, 5.41) is 5.11. The van der Waals surface area contributed by atoms with E-state index in [4.69, 9.17) is 9.97 Å². The molecule has 32 heavy (non-hydrogen) atoms. The quantitative estimate of drug-likeness (QED) is 0.293. The molecule has 1 aliphatic rings. The van der Waals surface area contributed by atoms with Gasteiger partial charge < -0.3 is 0 Å². The Balaban J connectivity index is 1.65. The van der Waals surface area contributed by atoms with Crippen molar-refractivity contribution in [3.8, 4) is 22.5 Å². The van der Waals surface area contributed by atoms with Crippen LogP contribution in [0.4, 0.5) is 0 Å². The minimum absolute atomic E-state index is 0.172. The van der Waals surface area contributed by atoms with Crippen LogP contribution in [0, 0.1) is 0 Å². The van der Waals surface area contributed by atoms with Crippen LogP contribution in [0.25, 0.3) is 44.1 Å². The van der Waals surface area contributed by atoms with Crippen LogP contribution in [-0.4, -0.2) is 9.97 Å². The molecule has 0 bridgehead atoms. The van der Waals surface area contributed by atoms with Gasteiger partial charge >= 0.3 is 0 Å². The first-order chi connectivity index (χ1) is 15.4. The fraction of sp³-hybridized carbons (Fsp3) is 0.200. The van der Waals surface area contributed by atoms with Crippen molar-refractivity contribution in [2.24, 2.45) is 0 Å². The topological polar surface area (TPSA) is 25.8 Å². The van der Waals surface area contributed by atoms with Gasteiger partial charge in [0, 0.05) is 22.1 Å². The molecule has 0 saturated heterocycles. The average molecular weight is 415 g/mol. The van der Waals surface area contributed by atoms with Gasteiger partial charge in [-0.25, -0.2) is 9.97 Å². The highest BCUT2D eigenvalue weighted by Crippen LogP contribution is 2.51. The van der Waals surface area contributed by atoms with E-state index in [1.807, 2.05) is 0 Å². The Morgan fingerprint density at radius 1 is 0.719 bits per heavy atom. The summed E-state index contributed by atoms with van der Waals surface area (Å²) in [5.41, 5.74) is 8.29. The average Bonchev–Trinajstić information content (AvgIpc) is 3.03. The van der Waals surface area contributed by atoms with Crippen molar-refractivity contribution >= 4 is 21.5 Å². The monoisotopic (exact) mass is 414 g/mol. The first kappa shape index (κ1) is 19.2. The summed E-state index contributed by atoms with van der Waals surface area (Å²) in [4.78, 5) is 9.66. The lowest BCUT2D eigenvalue weighted by atomic mass is 9.80. The highest BCUT2D eigenvalue weighted by atomic mass is 14.9. The smallest absolute Gasteiger partial charge is 0.116 e. The number of fused-ring (bicyclic) bond motifs is 5. The molecule has 0 unspecified atom stereocenters. The van der Waals surface area contributed by atoms with Gasteiger partial charge in [0.15, 0.2) is 0 Å². The molecule has 0 aliphatic heterocycles. The van der Waals surface area contributed by atoms with Crippen molar-refractivity contribution in [2.45, 2.75) is 39.0 Å². The van der Waals surface area contributed by atoms with Gasteiger partial charge in [-0.1, -0.05) is 76.2 Å². The molecule has 0 amide bonds. The molecular weight excluding hydrogens is 388 g/mol. The van der Waals surface area contributed by atoms with Crippen molar-refractivity contribution in [3.05, 3.63) is 95.8 Å². The predicted octanol–water partition coefficient (Wildman–Crippen LogP) is 7.88. The van der Waals surface area contributed by atoms with E-state index in [9.17, 15) is 0 Å². The van der Waals surface area contributed by atoms with Crippen LogP contribution in [0.15, 0.2) is 79.1 Å². The second-order valence-electron chi connectivity index (χ2n) is 9.76. The molecule has 0 spiro atoms. The molecule has 1 aromatic heterocycles. The molecule has 0 atom stereocenters. The fourth-order valence-electron chi connectivity index (χ4n) is 5.44. The van der Waals surface area contributed by atoms with Crippen molar-refractivity contribution in [1.29, 1.82) is 0 Å². The molecule has 1 heterocycles. The second kappa shape index (κ2) is 6.74. The Bertz CT molecular complexity index is 1530. The first-order valence-corrected chi connectivity index (χ1v) is 11.4. The van der Waals surface area contributed by atoms with E-state index in [0.717, 1.165) is 11.4 Å². The number of benzene rings is 4. The lowest BCUT2D eigenvalue weighted by Gasteiger charge is -2.24. The van der Waals surface area contributed by atoms with Gasteiger partial charge in [-0.05, 0) is 62.9 Å². The molecule has 0 fully saturated rings. The lowest BCUT2D eigenvalue weighted by Crippen LogP contribution is -2.17. The Hall–Kier alpha value is -3.52. The SMILES string of the molecule is CC(C)c1cc(-c2ncnc3c2C(C)(C)c2cc4ccccc4cc2-3)cc2ccccc12. The zero-order chi connectivity index (χ0) is 22.0. The maximum absolute atomic E-state index is 4.86. The van der Waals surface area contributed by atoms with Crippen LogP contribution in [0.5, 0.6) is 0 Å². The molecule has 2 heteroatoms. The standard InChI is InChI=1S/C30H26N2/c1-18(2)24-15-22(13-21-11-7-8-12-23(21)24)28-27-29(32-17-31-28)25-14-19-9-5-6-10-20(19)16-26(25)30(27,3)4/h5-18H,1-4H3. The normalized spacial score (nSPS) is 14.2. The van der Waals surface area contributed by atoms with Crippen LogP contribution < -0.4 is 0 Å². The van der Waals surface area contributed by atoms with Gasteiger partial charge in [-0.2, -0.15) is 0 Å². The maximum Gasteiger partial charge on any atom is 0.116 e. The third-order valence-electron chi connectivity index (χ3n) is 7.08. The maximum atomic E-state index is 4.86. The van der Waals surface area contributed by atoms with Gasteiger partial charge in [-0.15, -0.1) is 0 Å². The molecule has 0 saturated carbocycles. The summed E-state index contributed by atoms with van der Waals surface area (Å²) in [6.07, 6.45) is 1.73. The van der Waals surface area contributed by atoms with Crippen LogP contribution in [0.1, 0.15) is 50.3 Å². The van der Waals surface area contributed by atoms with Gasteiger partial charge in [0.2, 0.25) is 0 Å². The van der Waals surface area contributed by atoms with E-state index in [2.05, 4.69) is 100 Å². The number of hydrogen-bond donors (Lipinski definition) is 0. The molecule has 2 nitrogen and oxygen atoms in total. The summed E-state index contributed by atoms with van der Waals surface area (Å²) < 4.78 is 0. The number of aromatic nitrogens is 2. The zero-order valence-corrected chi connectivity index (χ0v) is 19.0. The molecule has 1 aliphatic carbocycles. The van der Waals surface area contributed by atoms with Gasteiger partial charge in [0.25, 0.3) is 0 Å². The number of nitrogens with zero attached hydrogens (tertiary/aromatic N) is 2. The number of rotatable bonds is 2. The molecule has 6 rings (SSSR count). The van der Waals surface area contributed by atoms with Crippen LogP contribution in [0.3, 0.4) is 0 Å². The second-order valence-corrected chi connectivity index (χ2v) is 9.76. The Kier molecular flexibility index (Phi) is 4.04. The highest BCUT2D eigenvalue weighted by molar-refractivity contribution is 5.96. The number of hydrogen-bond acceptors (Lipinski definition) is 2. The van der Waals surface area contributed by atoms with Crippen molar-refractivity contribution in [3.63, 3.8) is 0 Å². The molecule has 0 N–H and O–H groups in total. The Morgan fingerprint density at radius 3 is 2.12 bits per heavy atom. The Labute approximate surface area is 189 Å². The largest absolute Gasteiger partial charge is 0.236 e. The molecule has 156 valence electrons. The minimum atomic E-state index is -0.172. The van der Waals surface area contributed by atoms with Crippen LogP contribution in [-0.2, 0) is 5.41 Å². The summed E-state index contributed by atoms with van der Waals surface area (Å²) in [6.45, 7) is 9.15. The van der Waals surface area contributed by atoms with Crippen molar-refractivity contribution in [2.75, 3.05) is 0 Å². The zero-order valence-electron chi connectivity index (χ0n) is 19.0. The van der Waals surface area contributed by atoms with Gasteiger partial charge in [0.05, 0.1) is 11.4 Å². The van der Waals surface area contributed by atoms with Gasteiger partial charge in [-0.3, -0.25) is 0 Å². The van der Waals surface area contributed by atoms with Crippen molar-refractivity contribution < 1.29 is 0 Å². The summed E-state index contributed by atoms with van der Waals surface area (Å²) in [6, 6.07) is 26.5. The minimum Gasteiger partial charge on any atom is -0.236 e. The van der Waals surface area contributed by atoms with Crippen LogP contribution >= 0.6 is 0 Å². The first-order valence-electron chi connectivity index (χ1n) is 11.4. The Morgan fingerprint density at radius 2 is 1.38 bits per heavy atom. The van der Waals surface area contributed by atoms with E-state index < -0.39 is 0 Å². The molecule has 4 aromatic carbocycles. The lowest BCUT2D eigenvalue weighted by molar-refractivity contribution is 0.658. The van der Waals surface area contributed by atoms with E-state index in [1.54, 1.807) is 6.33 Å². The van der Waals surface area contributed by atoms with E-state index in [-0.39, 0.29) is 5.41 Å². The third-order valence-corrected chi connectivity index (χ3v) is 7.08. The van der Waals surface area contributed by atoms with E-state index in [0.29, 0.717) is 5.92 Å². The fourth-order valence-corrected chi connectivity index (χ4v) is 5.44. The van der Waals surface area contributed by atoms with Crippen molar-refractivity contribution in [1.82, 2.24) is 9.97 Å². The summed E-state index contributed by atoms with van der Waals surface area (Å²) in [5.74, 6) is 0.435. The van der Waals surface area contributed by atoms with Gasteiger partial charge in [0.1, 0.15) is 6.33 Å². The third kappa shape index (κ3) is 2.65. The predicted molar refractivity (Wildman–Crippen MR) is 134 cm³/mol. The van der Waals surface area contributed by atoms with E-state index in [1.165, 1.54) is 49.4 Å². The highest BCUT2D eigenvalue weighted by Gasteiger charge is 2.39. The van der Waals surface area contributed by atoms with E-state index >= 15 is 0 Å². The molecular formula is C30H26N2. The molecule has 5 aromatic rings.